The highest BCUT2D eigenvalue weighted by atomic mass is 16.5. The molecule has 6 nitrogen and oxygen atoms in total. The van der Waals surface area contributed by atoms with Crippen LogP contribution in [0.15, 0.2) is 12.3 Å². The Kier molecular flexibility index (Phi) is 5.36. The minimum Gasteiger partial charge on any atom is -0.461 e. The molecule has 0 radical (unpaired) electrons. The number of nitrogens with zero attached hydrogens (tertiary/aromatic N) is 2. The van der Waals surface area contributed by atoms with E-state index in [1.54, 1.807) is 13.1 Å². The van der Waals surface area contributed by atoms with Crippen LogP contribution in [-0.4, -0.2) is 33.6 Å². The minimum absolute atomic E-state index is 0.330. The van der Waals surface area contributed by atoms with Gasteiger partial charge in [0.25, 0.3) is 0 Å². The number of nitrogens with one attached hydrogen (secondary N) is 2. The van der Waals surface area contributed by atoms with E-state index in [-0.39, 0.29) is 5.97 Å². The fourth-order valence-electron chi connectivity index (χ4n) is 3.54. The van der Waals surface area contributed by atoms with Crippen LogP contribution in [0.2, 0.25) is 0 Å². The smallest absolute Gasteiger partial charge is 0.355 e. The van der Waals surface area contributed by atoms with E-state index in [1.165, 1.54) is 32.1 Å². The molecule has 0 atom stereocenters. The molecule has 1 aliphatic carbocycles. The second-order valence-electron chi connectivity index (χ2n) is 6.59. The molecular formula is C19H26N4O2. The molecule has 2 N–H and O–H groups in total. The Labute approximate surface area is 148 Å². The fourth-order valence-corrected chi connectivity index (χ4v) is 3.54. The monoisotopic (exact) mass is 342 g/mol. The normalized spacial score (nSPS) is 15.2. The first-order valence-electron chi connectivity index (χ1n) is 9.06. The molecule has 1 aliphatic rings. The average Bonchev–Trinajstić information content (AvgIpc) is 2.91. The molecule has 134 valence electrons. The molecule has 0 aromatic carbocycles. The largest absolute Gasteiger partial charge is 0.461 e. The predicted octanol–water partition coefficient (Wildman–Crippen LogP) is 4.01. The summed E-state index contributed by atoms with van der Waals surface area (Å²) in [5.41, 5.74) is 4.02. The lowest BCUT2D eigenvalue weighted by molar-refractivity contribution is 0.0519. The quantitative estimate of drug-likeness (QED) is 0.803. The first-order chi connectivity index (χ1) is 12.1. The maximum Gasteiger partial charge on any atom is 0.355 e. The number of rotatable bonds is 5. The van der Waals surface area contributed by atoms with Crippen LogP contribution >= 0.6 is 0 Å². The maximum atomic E-state index is 12.1. The highest BCUT2D eigenvalue weighted by Crippen LogP contribution is 2.29. The predicted molar refractivity (Wildman–Crippen MR) is 97.7 cm³/mol. The van der Waals surface area contributed by atoms with E-state index in [2.05, 4.69) is 20.3 Å². The second kappa shape index (κ2) is 7.68. The third kappa shape index (κ3) is 3.83. The summed E-state index contributed by atoms with van der Waals surface area (Å²) >= 11 is 0. The Bertz CT molecular complexity index is 748. The van der Waals surface area contributed by atoms with Crippen LogP contribution in [-0.2, 0) is 4.74 Å². The van der Waals surface area contributed by atoms with Crippen LogP contribution in [0.1, 0.15) is 60.8 Å². The molecule has 1 fully saturated rings. The van der Waals surface area contributed by atoms with E-state index in [0.717, 1.165) is 22.5 Å². The Balaban J connectivity index is 1.86. The number of carbonyl (C=O) groups excluding carboxylic acids is 1. The molecule has 2 aromatic heterocycles. The molecule has 2 heterocycles. The van der Waals surface area contributed by atoms with Crippen molar-refractivity contribution in [1.82, 2.24) is 15.0 Å². The third-order valence-corrected chi connectivity index (χ3v) is 4.77. The van der Waals surface area contributed by atoms with Crippen molar-refractivity contribution in [3.05, 3.63) is 29.2 Å². The summed E-state index contributed by atoms with van der Waals surface area (Å²) in [6.07, 6.45) is 7.94. The lowest BCUT2D eigenvalue weighted by Gasteiger charge is -2.22. The van der Waals surface area contributed by atoms with Gasteiger partial charge in [0.05, 0.1) is 12.3 Å². The molecule has 2 aromatic rings. The minimum atomic E-state index is -0.330. The van der Waals surface area contributed by atoms with E-state index >= 15 is 0 Å². The number of hydrogen-bond acceptors (Lipinski definition) is 5. The SMILES string of the molecule is CCOC(=O)c1[nH]c(C)c(-c2ccnc(NC3CCCCC3)n2)c1C. The number of esters is 1. The summed E-state index contributed by atoms with van der Waals surface area (Å²) in [6.45, 7) is 6.02. The molecule has 25 heavy (non-hydrogen) atoms. The van der Waals surface area contributed by atoms with E-state index in [4.69, 9.17) is 4.74 Å². The summed E-state index contributed by atoms with van der Waals surface area (Å²) in [5, 5.41) is 3.46. The van der Waals surface area contributed by atoms with Crippen molar-refractivity contribution in [3.8, 4) is 11.3 Å². The molecule has 0 unspecified atom stereocenters. The van der Waals surface area contributed by atoms with Crippen LogP contribution in [0.4, 0.5) is 5.95 Å². The zero-order valence-electron chi connectivity index (χ0n) is 15.2. The van der Waals surface area contributed by atoms with Gasteiger partial charge in [-0.05, 0) is 45.2 Å². The number of ether oxygens (including phenoxy) is 1. The lowest BCUT2D eigenvalue weighted by atomic mass is 9.96. The lowest BCUT2D eigenvalue weighted by Crippen LogP contribution is -2.23. The van der Waals surface area contributed by atoms with Crippen LogP contribution in [0.3, 0.4) is 0 Å². The maximum absolute atomic E-state index is 12.1. The Morgan fingerprint density at radius 3 is 2.80 bits per heavy atom. The molecule has 0 aliphatic heterocycles. The van der Waals surface area contributed by atoms with Crippen molar-refractivity contribution >= 4 is 11.9 Å². The van der Waals surface area contributed by atoms with Gasteiger partial charge in [0.1, 0.15) is 5.69 Å². The number of aromatic nitrogens is 3. The fraction of sp³-hybridized carbons (Fsp3) is 0.526. The average molecular weight is 342 g/mol. The number of aromatic amines is 1. The first-order valence-corrected chi connectivity index (χ1v) is 9.06. The van der Waals surface area contributed by atoms with Gasteiger partial charge in [-0.2, -0.15) is 0 Å². The van der Waals surface area contributed by atoms with Gasteiger partial charge in [-0.1, -0.05) is 19.3 Å². The van der Waals surface area contributed by atoms with Gasteiger partial charge < -0.3 is 15.0 Å². The van der Waals surface area contributed by atoms with Gasteiger partial charge in [0, 0.05) is 23.5 Å². The molecule has 1 saturated carbocycles. The molecular weight excluding hydrogens is 316 g/mol. The zero-order chi connectivity index (χ0) is 17.8. The van der Waals surface area contributed by atoms with Crippen LogP contribution < -0.4 is 5.32 Å². The van der Waals surface area contributed by atoms with Crippen molar-refractivity contribution < 1.29 is 9.53 Å². The van der Waals surface area contributed by atoms with Crippen LogP contribution in [0, 0.1) is 13.8 Å². The molecule has 3 rings (SSSR count). The summed E-state index contributed by atoms with van der Waals surface area (Å²) in [7, 11) is 0. The Morgan fingerprint density at radius 1 is 1.32 bits per heavy atom. The first kappa shape index (κ1) is 17.5. The van der Waals surface area contributed by atoms with Crippen LogP contribution in [0.25, 0.3) is 11.3 Å². The van der Waals surface area contributed by atoms with Gasteiger partial charge in [-0.15, -0.1) is 0 Å². The molecule has 0 saturated heterocycles. The third-order valence-electron chi connectivity index (χ3n) is 4.77. The van der Waals surface area contributed by atoms with E-state index < -0.39 is 0 Å². The highest BCUT2D eigenvalue weighted by molar-refractivity contribution is 5.92. The highest BCUT2D eigenvalue weighted by Gasteiger charge is 2.21. The number of carbonyl (C=O) groups is 1. The number of anilines is 1. The van der Waals surface area contributed by atoms with Gasteiger partial charge in [0.15, 0.2) is 0 Å². The Morgan fingerprint density at radius 2 is 2.08 bits per heavy atom. The van der Waals surface area contributed by atoms with Crippen molar-refractivity contribution in [1.29, 1.82) is 0 Å². The molecule has 0 spiro atoms. The van der Waals surface area contributed by atoms with E-state index in [0.29, 0.717) is 24.3 Å². The topological polar surface area (TPSA) is 79.9 Å². The van der Waals surface area contributed by atoms with E-state index in [9.17, 15) is 4.79 Å². The standard InChI is InChI=1S/C19H26N4O2/c1-4-25-18(24)17-12(2)16(13(3)21-17)15-10-11-20-19(23-15)22-14-8-6-5-7-9-14/h10-11,14,21H,4-9H2,1-3H3,(H,20,22,23). The van der Waals surface area contributed by atoms with Crippen molar-refractivity contribution in [2.75, 3.05) is 11.9 Å². The van der Waals surface area contributed by atoms with Crippen molar-refractivity contribution in [2.24, 2.45) is 0 Å². The van der Waals surface area contributed by atoms with Gasteiger partial charge >= 0.3 is 5.97 Å². The van der Waals surface area contributed by atoms with Gasteiger partial charge in [-0.3, -0.25) is 0 Å². The van der Waals surface area contributed by atoms with Crippen molar-refractivity contribution in [2.45, 2.75) is 58.9 Å². The van der Waals surface area contributed by atoms with E-state index in [1.807, 2.05) is 19.9 Å². The summed E-state index contributed by atoms with van der Waals surface area (Å²) < 4.78 is 5.12. The van der Waals surface area contributed by atoms with Gasteiger partial charge in [0.2, 0.25) is 5.95 Å². The number of H-pyrrole nitrogens is 1. The van der Waals surface area contributed by atoms with Crippen molar-refractivity contribution in [3.63, 3.8) is 0 Å². The number of hydrogen-bond donors (Lipinski definition) is 2. The summed E-state index contributed by atoms with van der Waals surface area (Å²) in [5.74, 6) is 0.325. The molecule has 0 amide bonds. The number of aryl methyl sites for hydroxylation is 1. The Hall–Kier alpha value is -2.37. The van der Waals surface area contributed by atoms with Gasteiger partial charge in [-0.25, -0.2) is 14.8 Å². The zero-order valence-corrected chi connectivity index (χ0v) is 15.2. The molecule has 0 bridgehead atoms. The summed E-state index contributed by atoms with van der Waals surface area (Å²) in [4.78, 5) is 24.3. The summed E-state index contributed by atoms with van der Waals surface area (Å²) in [6, 6.07) is 2.33. The molecule has 6 heteroatoms. The second-order valence-corrected chi connectivity index (χ2v) is 6.59. The van der Waals surface area contributed by atoms with Crippen LogP contribution in [0.5, 0.6) is 0 Å².